The number of carbonyl (C=O) groups is 1. The van der Waals surface area contributed by atoms with Crippen molar-refractivity contribution in [1.29, 1.82) is 0 Å². The molecule has 0 radical (unpaired) electrons. The number of nitrogen functional groups attached to an aromatic ring is 2. The first kappa shape index (κ1) is 12.0. The van der Waals surface area contributed by atoms with Crippen LogP contribution in [-0.2, 0) is 4.79 Å². The van der Waals surface area contributed by atoms with Gasteiger partial charge in [-0.05, 0) is 13.8 Å². The average Bonchev–Trinajstić information content (AvgIpc) is 2.12. The van der Waals surface area contributed by atoms with E-state index in [-0.39, 0.29) is 30.3 Å². The van der Waals surface area contributed by atoms with Crippen molar-refractivity contribution >= 4 is 23.5 Å². The minimum absolute atomic E-state index is 0.0757. The van der Waals surface area contributed by atoms with Crippen molar-refractivity contribution in [2.75, 3.05) is 23.3 Å². The second-order valence-electron chi connectivity index (χ2n) is 3.61. The maximum atomic E-state index is 11.3. The van der Waals surface area contributed by atoms with Gasteiger partial charge >= 0.3 is 0 Å². The molecule has 6 N–H and O–H groups in total. The summed E-state index contributed by atoms with van der Waals surface area (Å²) in [6.07, 6.45) is 0. The number of aromatic nitrogens is 2. The lowest BCUT2D eigenvalue weighted by atomic mass is 10.4. The van der Waals surface area contributed by atoms with Crippen LogP contribution in [0.1, 0.15) is 13.8 Å². The van der Waals surface area contributed by atoms with Gasteiger partial charge in [0.15, 0.2) is 0 Å². The van der Waals surface area contributed by atoms with Gasteiger partial charge in [-0.25, -0.2) is 0 Å². The molecule has 0 saturated carbocycles. The summed E-state index contributed by atoms with van der Waals surface area (Å²) in [6, 6.07) is 1.62. The number of hydrogen-bond donors (Lipinski definition) is 4. The van der Waals surface area contributed by atoms with Gasteiger partial charge in [0.05, 0.1) is 6.54 Å². The largest absolute Gasteiger partial charge is 0.383 e. The third-order valence-electron chi connectivity index (χ3n) is 1.64. The number of amides is 1. The van der Waals surface area contributed by atoms with Crippen molar-refractivity contribution in [2.24, 2.45) is 0 Å². The lowest BCUT2D eigenvalue weighted by Gasteiger charge is -2.09. The molecule has 1 amide bonds. The number of nitrogens with one attached hydrogen (secondary N) is 2. The van der Waals surface area contributed by atoms with Gasteiger partial charge in [0, 0.05) is 12.1 Å². The van der Waals surface area contributed by atoms with Crippen LogP contribution in [0.4, 0.5) is 17.6 Å². The summed E-state index contributed by atoms with van der Waals surface area (Å²) in [5.74, 6) is 0.653. The number of nitrogens with zero attached hydrogens (tertiary/aromatic N) is 2. The summed E-state index contributed by atoms with van der Waals surface area (Å²) in [5, 5.41) is 5.54. The Bertz CT molecular complexity index is 358. The maximum absolute atomic E-state index is 11.3. The first-order valence-corrected chi connectivity index (χ1v) is 4.90. The van der Waals surface area contributed by atoms with Crippen molar-refractivity contribution in [2.45, 2.75) is 19.9 Å². The molecule has 16 heavy (non-hydrogen) atoms. The highest BCUT2D eigenvalue weighted by molar-refractivity contribution is 5.80. The molecule has 1 rings (SSSR count). The highest BCUT2D eigenvalue weighted by Gasteiger charge is 2.04. The van der Waals surface area contributed by atoms with E-state index >= 15 is 0 Å². The summed E-state index contributed by atoms with van der Waals surface area (Å²) < 4.78 is 0. The first-order chi connectivity index (χ1) is 7.47. The molecule has 0 atom stereocenters. The normalized spacial score (nSPS) is 10.2. The quantitative estimate of drug-likeness (QED) is 0.551. The van der Waals surface area contributed by atoms with E-state index in [4.69, 9.17) is 11.5 Å². The van der Waals surface area contributed by atoms with Crippen LogP contribution in [0.3, 0.4) is 0 Å². The van der Waals surface area contributed by atoms with E-state index < -0.39 is 0 Å². The van der Waals surface area contributed by atoms with Gasteiger partial charge in [-0.15, -0.1) is 0 Å². The molecule has 0 saturated heterocycles. The Balaban J connectivity index is 2.51. The van der Waals surface area contributed by atoms with Gasteiger partial charge in [-0.2, -0.15) is 9.97 Å². The fourth-order valence-electron chi connectivity index (χ4n) is 1.12. The predicted octanol–water partition coefficient (Wildman–Crippen LogP) is -0.422. The number of rotatable bonds is 4. The number of anilines is 3. The molecule has 88 valence electrons. The van der Waals surface area contributed by atoms with Gasteiger partial charge in [0.25, 0.3) is 0 Å². The van der Waals surface area contributed by atoms with E-state index in [0.717, 1.165) is 0 Å². The van der Waals surface area contributed by atoms with Gasteiger partial charge in [-0.1, -0.05) is 0 Å². The van der Waals surface area contributed by atoms with Crippen molar-refractivity contribution in [3.05, 3.63) is 6.07 Å². The number of carbonyl (C=O) groups excluding carboxylic acids is 1. The van der Waals surface area contributed by atoms with Crippen LogP contribution in [0.15, 0.2) is 6.07 Å². The van der Waals surface area contributed by atoms with Gasteiger partial charge in [0.2, 0.25) is 11.9 Å². The Kier molecular flexibility index (Phi) is 3.87. The Hall–Kier alpha value is -2.05. The van der Waals surface area contributed by atoms with Crippen molar-refractivity contribution in [3.63, 3.8) is 0 Å². The Morgan fingerprint density at radius 2 is 2.12 bits per heavy atom. The molecule has 7 heteroatoms. The van der Waals surface area contributed by atoms with Crippen LogP contribution in [0.2, 0.25) is 0 Å². The summed E-state index contributed by atoms with van der Waals surface area (Å²) >= 11 is 0. The molecule has 0 unspecified atom stereocenters. The molecule has 0 fully saturated rings. The molecule has 7 nitrogen and oxygen atoms in total. The smallest absolute Gasteiger partial charge is 0.239 e. The van der Waals surface area contributed by atoms with Crippen LogP contribution in [-0.4, -0.2) is 28.5 Å². The fraction of sp³-hybridized carbons (Fsp3) is 0.444. The molecule has 0 aliphatic heterocycles. The monoisotopic (exact) mass is 224 g/mol. The zero-order chi connectivity index (χ0) is 12.1. The summed E-state index contributed by atoms with van der Waals surface area (Å²) in [7, 11) is 0. The van der Waals surface area contributed by atoms with E-state index in [1.54, 1.807) is 0 Å². The van der Waals surface area contributed by atoms with Gasteiger partial charge in [0.1, 0.15) is 11.6 Å². The molecule has 0 bridgehead atoms. The van der Waals surface area contributed by atoms with Crippen LogP contribution < -0.4 is 22.1 Å². The molecular formula is C9H16N6O. The molecule has 1 aromatic heterocycles. The third-order valence-corrected chi connectivity index (χ3v) is 1.64. The SMILES string of the molecule is CC(C)NC(=O)CNc1cc(N)nc(N)n1. The van der Waals surface area contributed by atoms with E-state index in [1.165, 1.54) is 6.07 Å². The molecule has 1 heterocycles. The van der Waals surface area contributed by atoms with Crippen LogP contribution >= 0.6 is 0 Å². The average molecular weight is 224 g/mol. The zero-order valence-electron chi connectivity index (χ0n) is 9.32. The van der Waals surface area contributed by atoms with Gasteiger partial charge in [-0.3, -0.25) is 4.79 Å². The molecule has 1 aromatic rings. The van der Waals surface area contributed by atoms with Crippen LogP contribution in [0, 0.1) is 0 Å². The fourth-order valence-corrected chi connectivity index (χ4v) is 1.12. The lowest BCUT2D eigenvalue weighted by Crippen LogP contribution is -2.35. The highest BCUT2D eigenvalue weighted by Crippen LogP contribution is 2.08. The van der Waals surface area contributed by atoms with E-state index in [2.05, 4.69) is 20.6 Å². The Labute approximate surface area is 93.6 Å². The Morgan fingerprint density at radius 1 is 1.44 bits per heavy atom. The van der Waals surface area contributed by atoms with Crippen molar-refractivity contribution in [1.82, 2.24) is 15.3 Å². The molecular weight excluding hydrogens is 208 g/mol. The number of nitrogens with two attached hydrogens (primary N) is 2. The van der Waals surface area contributed by atoms with E-state index in [1.807, 2.05) is 13.8 Å². The summed E-state index contributed by atoms with van der Waals surface area (Å²) in [5.41, 5.74) is 10.9. The minimum atomic E-state index is -0.120. The van der Waals surface area contributed by atoms with Crippen LogP contribution in [0.25, 0.3) is 0 Å². The van der Waals surface area contributed by atoms with Crippen molar-refractivity contribution in [3.8, 4) is 0 Å². The highest BCUT2D eigenvalue weighted by atomic mass is 16.1. The first-order valence-electron chi connectivity index (χ1n) is 4.90. The zero-order valence-corrected chi connectivity index (χ0v) is 9.32. The molecule has 0 aromatic carbocycles. The minimum Gasteiger partial charge on any atom is -0.383 e. The second-order valence-corrected chi connectivity index (χ2v) is 3.61. The predicted molar refractivity (Wildman–Crippen MR) is 62.6 cm³/mol. The van der Waals surface area contributed by atoms with Gasteiger partial charge < -0.3 is 22.1 Å². The standard InChI is InChI=1S/C9H16N6O/c1-5(2)13-8(16)4-12-7-3-6(10)14-9(11)15-7/h3,5H,4H2,1-2H3,(H,13,16)(H5,10,11,12,14,15). The lowest BCUT2D eigenvalue weighted by molar-refractivity contribution is -0.119. The summed E-state index contributed by atoms with van der Waals surface area (Å²) in [6.45, 7) is 3.89. The number of hydrogen-bond acceptors (Lipinski definition) is 6. The third kappa shape index (κ3) is 3.99. The maximum Gasteiger partial charge on any atom is 0.239 e. The molecule has 0 aliphatic carbocycles. The van der Waals surface area contributed by atoms with Crippen LogP contribution in [0.5, 0.6) is 0 Å². The molecule has 0 spiro atoms. The van der Waals surface area contributed by atoms with Crippen molar-refractivity contribution < 1.29 is 4.79 Å². The topological polar surface area (TPSA) is 119 Å². The summed E-state index contributed by atoms with van der Waals surface area (Å²) in [4.78, 5) is 18.9. The van der Waals surface area contributed by atoms with E-state index in [9.17, 15) is 4.79 Å². The Morgan fingerprint density at radius 3 is 2.69 bits per heavy atom. The van der Waals surface area contributed by atoms with E-state index in [0.29, 0.717) is 5.82 Å². The molecule has 0 aliphatic rings. The second kappa shape index (κ2) is 5.15.